The van der Waals surface area contributed by atoms with Gasteiger partial charge in [0.1, 0.15) is 11.5 Å². The zero-order valence-electron chi connectivity index (χ0n) is 18.8. The van der Waals surface area contributed by atoms with Gasteiger partial charge in [0.25, 0.3) is 11.8 Å². The lowest BCUT2D eigenvalue weighted by molar-refractivity contribution is -0.124. The van der Waals surface area contributed by atoms with Gasteiger partial charge in [-0.1, -0.05) is 44.5 Å². The van der Waals surface area contributed by atoms with Gasteiger partial charge in [0.05, 0.1) is 0 Å². The molecule has 0 saturated carbocycles. The minimum absolute atomic E-state index is 0.0180. The molecule has 31 heavy (non-hydrogen) atoms. The fraction of sp³-hybridized carbons (Fsp3) is 0.440. The van der Waals surface area contributed by atoms with Gasteiger partial charge in [-0.3, -0.25) is 9.59 Å². The van der Waals surface area contributed by atoms with Gasteiger partial charge in [-0.05, 0) is 55.0 Å². The fourth-order valence-electron chi connectivity index (χ4n) is 3.82. The van der Waals surface area contributed by atoms with Crippen molar-refractivity contribution in [1.29, 1.82) is 0 Å². The molecule has 0 bridgehead atoms. The lowest BCUT2D eigenvalue weighted by atomic mass is 9.85. The summed E-state index contributed by atoms with van der Waals surface area (Å²) in [5.41, 5.74) is 2.64. The van der Waals surface area contributed by atoms with Crippen molar-refractivity contribution in [1.82, 2.24) is 10.2 Å². The highest BCUT2D eigenvalue weighted by molar-refractivity contribution is 5.94. The summed E-state index contributed by atoms with van der Waals surface area (Å²) in [6.45, 7) is 9.51. The van der Waals surface area contributed by atoms with Crippen LogP contribution in [-0.4, -0.2) is 47.6 Å². The summed E-state index contributed by atoms with van der Waals surface area (Å²) in [5.74, 6) is 0.562. The van der Waals surface area contributed by atoms with Gasteiger partial charge in [0.2, 0.25) is 0 Å². The molecule has 6 nitrogen and oxygen atoms in total. The Bertz CT molecular complexity index is 941. The molecule has 2 N–H and O–H groups in total. The number of benzene rings is 2. The Morgan fingerprint density at radius 3 is 2.48 bits per heavy atom. The summed E-state index contributed by atoms with van der Waals surface area (Å²) in [6.07, 6.45) is 1.38. The maximum atomic E-state index is 12.6. The predicted molar refractivity (Wildman–Crippen MR) is 121 cm³/mol. The third kappa shape index (κ3) is 6.00. The summed E-state index contributed by atoms with van der Waals surface area (Å²) in [4.78, 5) is 26.8. The molecule has 1 aliphatic rings. The number of likely N-dealkylation sites (tertiary alicyclic amines) is 1. The van der Waals surface area contributed by atoms with E-state index in [1.54, 1.807) is 23.1 Å². The fourth-order valence-corrected chi connectivity index (χ4v) is 3.82. The normalized spacial score (nSPS) is 14.9. The SMILES string of the molecule is Cc1ccc(OCC(=O)NC2CCN(C(=O)c3cccc(O)c3)CC2)c(C(C)(C)C)c1. The monoisotopic (exact) mass is 424 g/mol. The summed E-state index contributed by atoms with van der Waals surface area (Å²) >= 11 is 0. The Morgan fingerprint density at radius 1 is 1.13 bits per heavy atom. The maximum absolute atomic E-state index is 12.6. The molecule has 0 atom stereocenters. The number of carbonyl (C=O) groups excluding carboxylic acids is 2. The molecule has 166 valence electrons. The number of hydrogen-bond acceptors (Lipinski definition) is 4. The lowest BCUT2D eigenvalue weighted by Gasteiger charge is -2.32. The van der Waals surface area contributed by atoms with Crippen molar-refractivity contribution in [3.63, 3.8) is 0 Å². The number of piperidine rings is 1. The van der Waals surface area contributed by atoms with Crippen LogP contribution in [-0.2, 0) is 10.2 Å². The smallest absolute Gasteiger partial charge is 0.258 e. The van der Waals surface area contributed by atoms with Crippen LogP contribution in [0.2, 0.25) is 0 Å². The Hall–Kier alpha value is -3.02. The molecule has 2 amide bonds. The molecule has 1 heterocycles. The average molecular weight is 425 g/mol. The first-order valence-corrected chi connectivity index (χ1v) is 10.7. The van der Waals surface area contributed by atoms with Crippen LogP contribution in [0.1, 0.15) is 55.1 Å². The van der Waals surface area contributed by atoms with Gasteiger partial charge >= 0.3 is 0 Å². The van der Waals surface area contributed by atoms with Crippen molar-refractivity contribution in [3.05, 3.63) is 59.2 Å². The number of nitrogens with zero attached hydrogens (tertiary/aromatic N) is 1. The van der Waals surface area contributed by atoms with Crippen LogP contribution in [0, 0.1) is 6.92 Å². The quantitative estimate of drug-likeness (QED) is 0.765. The van der Waals surface area contributed by atoms with E-state index in [9.17, 15) is 14.7 Å². The van der Waals surface area contributed by atoms with Gasteiger partial charge < -0.3 is 20.1 Å². The van der Waals surface area contributed by atoms with Crippen molar-refractivity contribution in [2.24, 2.45) is 0 Å². The van der Waals surface area contributed by atoms with Crippen LogP contribution >= 0.6 is 0 Å². The number of hydrogen-bond donors (Lipinski definition) is 2. The lowest BCUT2D eigenvalue weighted by Crippen LogP contribution is -2.47. The molecular weight excluding hydrogens is 392 g/mol. The molecule has 0 aliphatic carbocycles. The maximum Gasteiger partial charge on any atom is 0.258 e. The second-order valence-corrected chi connectivity index (χ2v) is 9.22. The molecule has 0 unspecified atom stereocenters. The Kier molecular flexibility index (Phi) is 6.88. The molecule has 1 saturated heterocycles. The average Bonchev–Trinajstić information content (AvgIpc) is 2.72. The number of nitrogens with one attached hydrogen (secondary N) is 1. The molecular formula is C25H32N2O4. The standard InChI is InChI=1S/C25H32N2O4/c1-17-8-9-22(21(14-17)25(2,3)4)31-16-23(29)26-19-10-12-27(13-11-19)24(30)18-6-5-7-20(28)15-18/h5-9,14-15,19,28H,10-13,16H2,1-4H3,(H,26,29). The third-order valence-electron chi connectivity index (χ3n) is 5.54. The van der Waals surface area contributed by atoms with E-state index in [1.165, 1.54) is 6.07 Å². The number of phenols is 1. The highest BCUT2D eigenvalue weighted by atomic mass is 16.5. The molecule has 1 aliphatic heterocycles. The van der Waals surface area contributed by atoms with E-state index in [0.717, 1.165) is 16.9 Å². The predicted octanol–water partition coefficient (Wildman–Crippen LogP) is 3.80. The van der Waals surface area contributed by atoms with Crippen molar-refractivity contribution in [2.45, 2.75) is 52.0 Å². The molecule has 0 spiro atoms. The minimum Gasteiger partial charge on any atom is -0.508 e. The molecule has 0 aromatic heterocycles. The number of ether oxygens (including phenoxy) is 1. The van der Waals surface area contributed by atoms with Crippen LogP contribution in [0.4, 0.5) is 0 Å². The van der Waals surface area contributed by atoms with Gasteiger partial charge in [0.15, 0.2) is 6.61 Å². The summed E-state index contributed by atoms with van der Waals surface area (Å²) < 4.78 is 5.85. The largest absolute Gasteiger partial charge is 0.508 e. The van der Waals surface area contributed by atoms with Crippen LogP contribution in [0.5, 0.6) is 11.5 Å². The van der Waals surface area contributed by atoms with Gasteiger partial charge in [-0.2, -0.15) is 0 Å². The van der Waals surface area contributed by atoms with Crippen molar-refractivity contribution < 1.29 is 19.4 Å². The van der Waals surface area contributed by atoms with E-state index in [4.69, 9.17) is 4.74 Å². The van der Waals surface area contributed by atoms with Crippen LogP contribution in [0.25, 0.3) is 0 Å². The molecule has 1 fully saturated rings. The zero-order valence-corrected chi connectivity index (χ0v) is 18.8. The first kappa shape index (κ1) is 22.7. The zero-order chi connectivity index (χ0) is 22.6. The first-order valence-electron chi connectivity index (χ1n) is 10.7. The summed E-state index contributed by atoms with van der Waals surface area (Å²) in [5, 5.41) is 12.6. The Balaban J connectivity index is 1.49. The van der Waals surface area contributed by atoms with Gasteiger partial charge in [0, 0.05) is 24.7 Å². The topological polar surface area (TPSA) is 78.9 Å². The molecule has 2 aromatic rings. The van der Waals surface area contributed by atoms with E-state index < -0.39 is 0 Å². The second-order valence-electron chi connectivity index (χ2n) is 9.22. The van der Waals surface area contributed by atoms with Crippen molar-refractivity contribution in [3.8, 4) is 11.5 Å². The van der Waals surface area contributed by atoms with Crippen LogP contribution in [0.3, 0.4) is 0 Å². The Labute approximate surface area is 184 Å². The second kappa shape index (κ2) is 9.41. The third-order valence-corrected chi connectivity index (χ3v) is 5.54. The Morgan fingerprint density at radius 2 is 1.84 bits per heavy atom. The highest BCUT2D eigenvalue weighted by Gasteiger charge is 2.25. The number of amides is 2. The molecule has 0 radical (unpaired) electrons. The number of carbonyl (C=O) groups is 2. The molecule has 2 aromatic carbocycles. The van der Waals surface area contributed by atoms with Crippen LogP contribution < -0.4 is 10.1 Å². The van der Waals surface area contributed by atoms with E-state index in [1.807, 2.05) is 19.1 Å². The number of aromatic hydroxyl groups is 1. The summed E-state index contributed by atoms with van der Waals surface area (Å²) in [6, 6.07) is 12.4. The highest BCUT2D eigenvalue weighted by Crippen LogP contribution is 2.32. The van der Waals surface area contributed by atoms with E-state index in [2.05, 4.69) is 32.2 Å². The van der Waals surface area contributed by atoms with Gasteiger partial charge in [-0.15, -0.1) is 0 Å². The number of phenolic OH excluding ortho intramolecular Hbond substituents is 1. The minimum atomic E-state index is -0.154. The van der Waals surface area contributed by atoms with E-state index in [-0.39, 0.29) is 35.6 Å². The van der Waals surface area contributed by atoms with E-state index >= 15 is 0 Å². The number of aryl methyl sites for hydroxylation is 1. The first-order chi connectivity index (χ1) is 14.6. The van der Waals surface area contributed by atoms with Crippen LogP contribution in [0.15, 0.2) is 42.5 Å². The van der Waals surface area contributed by atoms with Crippen molar-refractivity contribution >= 4 is 11.8 Å². The molecule has 3 rings (SSSR count). The number of rotatable bonds is 5. The van der Waals surface area contributed by atoms with Crippen molar-refractivity contribution in [2.75, 3.05) is 19.7 Å². The summed E-state index contributed by atoms with van der Waals surface area (Å²) in [7, 11) is 0. The molecule has 6 heteroatoms. The van der Waals surface area contributed by atoms with E-state index in [0.29, 0.717) is 31.5 Å². The van der Waals surface area contributed by atoms with Gasteiger partial charge in [-0.25, -0.2) is 0 Å².